The predicted octanol–water partition coefficient (Wildman–Crippen LogP) is 3.13. The summed E-state index contributed by atoms with van der Waals surface area (Å²) >= 11 is 4.98. The number of nitrogens with zero attached hydrogens (tertiary/aromatic N) is 2. The number of aromatic nitrogens is 1. The number of thiocarbonyl (C=S) groups is 1. The minimum atomic E-state index is 0.354. The number of benzene rings is 1. The van der Waals surface area contributed by atoms with Crippen molar-refractivity contribution in [2.24, 2.45) is 5.73 Å². The molecule has 0 bridgehead atoms. The van der Waals surface area contributed by atoms with Gasteiger partial charge in [0.05, 0.1) is 4.99 Å². The summed E-state index contributed by atoms with van der Waals surface area (Å²) in [5.41, 5.74) is 5.62. The smallest absolute Gasteiger partial charge is 0.136 e. The highest BCUT2D eigenvalue weighted by Crippen LogP contribution is 2.25. The van der Waals surface area contributed by atoms with Gasteiger partial charge in [-0.3, -0.25) is 0 Å². The molecule has 0 unspecified atom stereocenters. The first-order chi connectivity index (χ1) is 9.09. The number of hydrogen-bond acceptors (Lipinski definition) is 3. The summed E-state index contributed by atoms with van der Waals surface area (Å²) < 4.78 is 0. The summed E-state index contributed by atoms with van der Waals surface area (Å²) in [4.78, 5) is 7.35. The quantitative estimate of drug-likeness (QED) is 0.850. The fourth-order valence-corrected chi connectivity index (χ4v) is 2.26. The van der Waals surface area contributed by atoms with E-state index in [0.717, 1.165) is 12.4 Å². The maximum absolute atomic E-state index is 5.62. The van der Waals surface area contributed by atoms with Gasteiger partial charge in [0.1, 0.15) is 5.82 Å². The third kappa shape index (κ3) is 3.20. The summed E-state index contributed by atoms with van der Waals surface area (Å²) in [6, 6.07) is 10.7. The molecule has 2 N–H and O–H groups in total. The lowest BCUT2D eigenvalue weighted by molar-refractivity contribution is 0.684. The zero-order chi connectivity index (χ0) is 13.8. The standard InChI is InChI=1S/C15H19N3S/c1-11(2)18(10-8-14(16)19)15-13-6-4-3-5-12(13)7-9-17-15/h3-7,9,11H,8,10H2,1-2H3,(H2,16,19). The Morgan fingerprint density at radius 3 is 2.74 bits per heavy atom. The van der Waals surface area contributed by atoms with E-state index in [4.69, 9.17) is 18.0 Å². The van der Waals surface area contributed by atoms with Gasteiger partial charge < -0.3 is 10.6 Å². The Bertz CT molecular complexity index is 575. The summed E-state index contributed by atoms with van der Waals surface area (Å²) in [5.74, 6) is 1.00. The van der Waals surface area contributed by atoms with E-state index in [1.54, 1.807) is 0 Å². The second kappa shape index (κ2) is 5.97. The van der Waals surface area contributed by atoms with Crippen molar-refractivity contribution in [3.8, 4) is 0 Å². The second-order valence-corrected chi connectivity index (χ2v) is 5.38. The molecule has 0 saturated heterocycles. The average molecular weight is 273 g/mol. The molecule has 4 heteroatoms. The molecular formula is C15H19N3S. The summed E-state index contributed by atoms with van der Waals surface area (Å²) in [6.07, 6.45) is 2.56. The predicted molar refractivity (Wildman–Crippen MR) is 85.6 cm³/mol. The zero-order valence-electron chi connectivity index (χ0n) is 11.3. The molecule has 0 aliphatic heterocycles. The maximum atomic E-state index is 5.62. The monoisotopic (exact) mass is 273 g/mol. The van der Waals surface area contributed by atoms with Crippen molar-refractivity contribution < 1.29 is 0 Å². The first kappa shape index (κ1) is 13.7. The van der Waals surface area contributed by atoms with E-state index < -0.39 is 0 Å². The Balaban J connectivity index is 2.41. The molecule has 0 radical (unpaired) electrons. The van der Waals surface area contributed by atoms with Crippen LogP contribution in [0.2, 0.25) is 0 Å². The Hall–Kier alpha value is -1.68. The molecule has 0 spiro atoms. The van der Waals surface area contributed by atoms with E-state index in [1.165, 1.54) is 10.8 Å². The van der Waals surface area contributed by atoms with E-state index >= 15 is 0 Å². The highest BCUT2D eigenvalue weighted by molar-refractivity contribution is 7.80. The van der Waals surface area contributed by atoms with Crippen LogP contribution in [0, 0.1) is 0 Å². The van der Waals surface area contributed by atoms with E-state index in [1.807, 2.05) is 24.4 Å². The number of pyridine rings is 1. The second-order valence-electron chi connectivity index (χ2n) is 4.86. The van der Waals surface area contributed by atoms with Crippen LogP contribution in [0.4, 0.5) is 5.82 Å². The Morgan fingerprint density at radius 1 is 1.32 bits per heavy atom. The Kier molecular flexibility index (Phi) is 4.32. The molecule has 3 nitrogen and oxygen atoms in total. The van der Waals surface area contributed by atoms with Gasteiger partial charge >= 0.3 is 0 Å². The van der Waals surface area contributed by atoms with E-state index in [9.17, 15) is 0 Å². The third-order valence-electron chi connectivity index (χ3n) is 3.15. The minimum absolute atomic E-state index is 0.354. The topological polar surface area (TPSA) is 42.1 Å². The van der Waals surface area contributed by atoms with Gasteiger partial charge in [-0.2, -0.15) is 0 Å². The van der Waals surface area contributed by atoms with Crippen LogP contribution in [-0.4, -0.2) is 22.6 Å². The highest BCUT2D eigenvalue weighted by atomic mass is 32.1. The van der Waals surface area contributed by atoms with Gasteiger partial charge in [-0.25, -0.2) is 4.98 Å². The largest absolute Gasteiger partial charge is 0.393 e. The maximum Gasteiger partial charge on any atom is 0.136 e. The van der Waals surface area contributed by atoms with Gasteiger partial charge in [-0.05, 0) is 25.3 Å². The molecule has 0 aliphatic carbocycles. The molecule has 1 aromatic carbocycles. The van der Waals surface area contributed by atoms with Crippen molar-refractivity contribution in [2.45, 2.75) is 26.3 Å². The number of nitrogens with two attached hydrogens (primary N) is 1. The lowest BCUT2D eigenvalue weighted by atomic mass is 10.1. The number of rotatable bonds is 5. The first-order valence-electron chi connectivity index (χ1n) is 6.48. The Labute approximate surface area is 119 Å². The zero-order valence-corrected chi connectivity index (χ0v) is 12.2. The van der Waals surface area contributed by atoms with Crippen molar-refractivity contribution in [3.05, 3.63) is 36.5 Å². The summed E-state index contributed by atoms with van der Waals surface area (Å²) in [5, 5.41) is 2.37. The van der Waals surface area contributed by atoms with Crippen molar-refractivity contribution in [2.75, 3.05) is 11.4 Å². The van der Waals surface area contributed by atoms with Crippen LogP contribution in [0.3, 0.4) is 0 Å². The van der Waals surface area contributed by atoms with Crippen LogP contribution in [0.25, 0.3) is 10.8 Å². The van der Waals surface area contributed by atoms with Crippen LogP contribution >= 0.6 is 12.2 Å². The molecule has 19 heavy (non-hydrogen) atoms. The fraction of sp³-hybridized carbons (Fsp3) is 0.333. The normalized spacial score (nSPS) is 10.9. The van der Waals surface area contributed by atoms with Crippen molar-refractivity contribution in [1.29, 1.82) is 0 Å². The molecule has 2 aromatic rings. The summed E-state index contributed by atoms with van der Waals surface area (Å²) in [7, 11) is 0. The lowest BCUT2D eigenvalue weighted by Gasteiger charge is -2.28. The molecule has 100 valence electrons. The third-order valence-corrected chi connectivity index (χ3v) is 3.35. The molecule has 1 heterocycles. The first-order valence-corrected chi connectivity index (χ1v) is 6.89. The molecular weight excluding hydrogens is 254 g/mol. The van der Waals surface area contributed by atoms with E-state index in [-0.39, 0.29) is 0 Å². The van der Waals surface area contributed by atoms with E-state index in [0.29, 0.717) is 17.5 Å². The van der Waals surface area contributed by atoms with Gasteiger partial charge in [-0.1, -0.05) is 36.5 Å². The molecule has 1 aromatic heterocycles. The van der Waals surface area contributed by atoms with Crippen molar-refractivity contribution in [3.63, 3.8) is 0 Å². The molecule has 0 aliphatic rings. The van der Waals surface area contributed by atoms with Crippen LogP contribution in [0.5, 0.6) is 0 Å². The van der Waals surface area contributed by atoms with Gasteiger partial charge in [0.15, 0.2) is 0 Å². The van der Waals surface area contributed by atoms with Crippen LogP contribution in [0.15, 0.2) is 36.5 Å². The average Bonchev–Trinajstić information content (AvgIpc) is 2.38. The molecule has 0 saturated carbocycles. The van der Waals surface area contributed by atoms with Gasteiger partial charge in [0.25, 0.3) is 0 Å². The highest BCUT2D eigenvalue weighted by Gasteiger charge is 2.14. The number of anilines is 1. The molecule has 0 fully saturated rings. The number of hydrogen-bond donors (Lipinski definition) is 1. The SMILES string of the molecule is CC(C)N(CCC(N)=S)c1nccc2ccccc12. The van der Waals surface area contributed by atoms with Crippen LogP contribution in [-0.2, 0) is 0 Å². The van der Waals surface area contributed by atoms with Crippen molar-refractivity contribution >= 4 is 33.8 Å². The molecule has 0 amide bonds. The lowest BCUT2D eigenvalue weighted by Crippen LogP contribution is -2.34. The number of fused-ring (bicyclic) bond motifs is 1. The fourth-order valence-electron chi connectivity index (χ4n) is 2.17. The van der Waals surface area contributed by atoms with Crippen LogP contribution < -0.4 is 10.6 Å². The minimum Gasteiger partial charge on any atom is -0.393 e. The summed E-state index contributed by atoms with van der Waals surface area (Å²) in [6.45, 7) is 5.11. The van der Waals surface area contributed by atoms with Crippen LogP contribution in [0.1, 0.15) is 20.3 Å². The van der Waals surface area contributed by atoms with Gasteiger partial charge in [-0.15, -0.1) is 0 Å². The van der Waals surface area contributed by atoms with Gasteiger partial charge in [0.2, 0.25) is 0 Å². The van der Waals surface area contributed by atoms with Gasteiger partial charge in [0, 0.05) is 30.6 Å². The Morgan fingerprint density at radius 2 is 2.05 bits per heavy atom. The molecule has 0 atom stereocenters. The molecule has 2 rings (SSSR count). The van der Waals surface area contributed by atoms with E-state index in [2.05, 4.69) is 35.9 Å². The van der Waals surface area contributed by atoms with Crippen molar-refractivity contribution in [1.82, 2.24) is 4.98 Å².